The zero-order chi connectivity index (χ0) is 15.3. The Morgan fingerprint density at radius 3 is 2.45 bits per heavy atom. The molecule has 2 aromatic heterocycles. The number of hydrogen-bond acceptors (Lipinski definition) is 4. The second-order valence-electron chi connectivity index (χ2n) is 5.89. The van der Waals surface area contributed by atoms with Gasteiger partial charge in [-0.15, -0.1) is 11.3 Å². The van der Waals surface area contributed by atoms with Crippen LogP contribution in [0.25, 0.3) is 0 Å². The number of fused-ring (bicyclic) bond motifs is 2. The van der Waals surface area contributed by atoms with E-state index in [9.17, 15) is 8.42 Å². The first-order valence-corrected chi connectivity index (χ1v) is 10.4. The molecule has 2 unspecified atom stereocenters. The van der Waals surface area contributed by atoms with E-state index in [1.54, 1.807) is 22.6 Å². The molecule has 2 bridgehead atoms. The standard InChI is InChI=1S/C14H16BrN3O2S2/c15-13-4-5-14(21-13)22(19,20)18-10-2-3-11(18)9-12(8-10)17-7-1-6-16-17/h1,4-7,10-12H,2-3,8-9H2. The van der Waals surface area contributed by atoms with Gasteiger partial charge in [-0.3, -0.25) is 4.68 Å². The highest BCUT2D eigenvalue weighted by Gasteiger charge is 2.48. The van der Waals surface area contributed by atoms with Gasteiger partial charge in [0.05, 0.1) is 9.83 Å². The van der Waals surface area contributed by atoms with Gasteiger partial charge < -0.3 is 0 Å². The Labute approximate surface area is 142 Å². The highest BCUT2D eigenvalue weighted by molar-refractivity contribution is 9.11. The van der Waals surface area contributed by atoms with Gasteiger partial charge >= 0.3 is 0 Å². The predicted molar refractivity (Wildman–Crippen MR) is 88.4 cm³/mol. The van der Waals surface area contributed by atoms with Crippen LogP contribution in [0.2, 0.25) is 0 Å². The van der Waals surface area contributed by atoms with Gasteiger partial charge in [0.2, 0.25) is 0 Å². The second kappa shape index (κ2) is 5.43. The first-order chi connectivity index (χ1) is 10.6. The zero-order valence-electron chi connectivity index (χ0n) is 11.8. The molecule has 2 fully saturated rings. The van der Waals surface area contributed by atoms with Crippen molar-refractivity contribution in [3.63, 3.8) is 0 Å². The van der Waals surface area contributed by atoms with Crippen molar-refractivity contribution >= 4 is 37.3 Å². The smallest absolute Gasteiger partial charge is 0.253 e. The highest BCUT2D eigenvalue weighted by Crippen LogP contribution is 2.44. The molecule has 22 heavy (non-hydrogen) atoms. The van der Waals surface area contributed by atoms with E-state index in [1.807, 2.05) is 16.9 Å². The summed E-state index contributed by atoms with van der Waals surface area (Å²) >= 11 is 4.64. The molecule has 4 rings (SSSR count). The van der Waals surface area contributed by atoms with Gasteiger partial charge in [0.1, 0.15) is 4.21 Å². The molecule has 0 amide bonds. The van der Waals surface area contributed by atoms with Crippen LogP contribution in [-0.2, 0) is 10.0 Å². The van der Waals surface area contributed by atoms with E-state index in [-0.39, 0.29) is 12.1 Å². The van der Waals surface area contributed by atoms with Crippen molar-refractivity contribution in [2.24, 2.45) is 0 Å². The van der Waals surface area contributed by atoms with Crippen LogP contribution < -0.4 is 0 Å². The fourth-order valence-corrected chi connectivity index (χ4v) is 7.76. The maximum absolute atomic E-state index is 12.9. The summed E-state index contributed by atoms with van der Waals surface area (Å²) in [5.41, 5.74) is 0. The Bertz CT molecular complexity index is 758. The molecule has 0 N–H and O–H groups in total. The first kappa shape index (κ1) is 14.9. The van der Waals surface area contributed by atoms with E-state index in [1.165, 1.54) is 11.3 Å². The fraction of sp³-hybridized carbons (Fsp3) is 0.500. The average molecular weight is 402 g/mol. The first-order valence-electron chi connectivity index (χ1n) is 7.34. The van der Waals surface area contributed by atoms with Crippen LogP contribution in [0.4, 0.5) is 0 Å². The summed E-state index contributed by atoms with van der Waals surface area (Å²) in [6.45, 7) is 0. The Morgan fingerprint density at radius 2 is 1.91 bits per heavy atom. The van der Waals surface area contributed by atoms with Crippen molar-refractivity contribution in [2.75, 3.05) is 0 Å². The summed E-state index contributed by atoms with van der Waals surface area (Å²) in [6.07, 6.45) is 7.37. The van der Waals surface area contributed by atoms with Gasteiger partial charge in [-0.05, 0) is 59.8 Å². The lowest BCUT2D eigenvalue weighted by Gasteiger charge is -2.37. The molecule has 0 aliphatic carbocycles. The van der Waals surface area contributed by atoms with Gasteiger partial charge in [-0.2, -0.15) is 9.40 Å². The molecule has 0 aromatic carbocycles. The van der Waals surface area contributed by atoms with Crippen LogP contribution in [0, 0.1) is 0 Å². The van der Waals surface area contributed by atoms with E-state index < -0.39 is 10.0 Å². The van der Waals surface area contributed by atoms with Crippen LogP contribution in [0.1, 0.15) is 31.7 Å². The molecular formula is C14H16BrN3O2S2. The Kier molecular flexibility index (Phi) is 3.67. The highest BCUT2D eigenvalue weighted by atomic mass is 79.9. The number of halogens is 1. The summed E-state index contributed by atoms with van der Waals surface area (Å²) in [6, 6.07) is 5.93. The molecule has 0 saturated carbocycles. The van der Waals surface area contributed by atoms with Gasteiger partial charge in [0, 0.05) is 24.5 Å². The summed E-state index contributed by atoms with van der Waals surface area (Å²) < 4.78 is 30.9. The lowest BCUT2D eigenvalue weighted by Crippen LogP contribution is -2.46. The van der Waals surface area contributed by atoms with Gasteiger partial charge in [0.25, 0.3) is 10.0 Å². The number of sulfonamides is 1. The third-order valence-electron chi connectivity index (χ3n) is 4.62. The molecule has 5 nitrogen and oxygen atoms in total. The van der Waals surface area contributed by atoms with E-state index in [0.717, 1.165) is 29.5 Å². The van der Waals surface area contributed by atoms with Crippen LogP contribution in [0.15, 0.2) is 38.6 Å². The third kappa shape index (κ3) is 2.36. The van der Waals surface area contributed by atoms with Crippen LogP contribution >= 0.6 is 27.3 Å². The summed E-state index contributed by atoms with van der Waals surface area (Å²) in [5.74, 6) is 0. The van der Waals surface area contributed by atoms with E-state index in [4.69, 9.17) is 0 Å². The summed E-state index contributed by atoms with van der Waals surface area (Å²) in [5, 5.41) is 4.33. The zero-order valence-corrected chi connectivity index (χ0v) is 15.0. The van der Waals surface area contributed by atoms with Crippen molar-refractivity contribution in [1.82, 2.24) is 14.1 Å². The van der Waals surface area contributed by atoms with Gasteiger partial charge in [0.15, 0.2) is 0 Å². The second-order valence-corrected chi connectivity index (χ2v) is 10.4. The Hall–Kier alpha value is -0.700. The molecule has 118 valence electrons. The van der Waals surface area contributed by atoms with Crippen LogP contribution in [0.3, 0.4) is 0 Å². The third-order valence-corrected chi connectivity index (χ3v) is 8.72. The summed E-state index contributed by atoms with van der Waals surface area (Å²) in [4.78, 5) is 0. The number of aromatic nitrogens is 2. The molecule has 2 aromatic rings. The number of piperidine rings is 1. The number of thiophene rings is 1. The molecule has 2 saturated heterocycles. The SMILES string of the molecule is O=S(=O)(c1ccc(Br)s1)N1C2CCC1CC(n1cccn1)C2. The molecule has 2 aliphatic rings. The average Bonchev–Trinajstić information content (AvgIpc) is 3.19. The molecule has 0 radical (unpaired) electrons. The van der Waals surface area contributed by atoms with Crippen molar-refractivity contribution < 1.29 is 8.42 Å². The van der Waals surface area contributed by atoms with E-state index >= 15 is 0 Å². The molecule has 8 heteroatoms. The monoisotopic (exact) mass is 401 g/mol. The molecule has 2 atom stereocenters. The number of nitrogens with zero attached hydrogens (tertiary/aromatic N) is 3. The quantitative estimate of drug-likeness (QED) is 0.792. The van der Waals surface area contributed by atoms with Gasteiger partial charge in [-0.1, -0.05) is 0 Å². The Balaban J connectivity index is 1.63. The van der Waals surface area contributed by atoms with Crippen LogP contribution in [-0.4, -0.2) is 34.6 Å². The maximum atomic E-state index is 12.9. The molecule has 4 heterocycles. The topological polar surface area (TPSA) is 55.2 Å². The minimum Gasteiger partial charge on any atom is -0.270 e. The van der Waals surface area contributed by atoms with Crippen molar-refractivity contribution in [3.8, 4) is 0 Å². The Morgan fingerprint density at radius 1 is 1.18 bits per heavy atom. The number of rotatable bonds is 3. The molecule has 0 spiro atoms. The normalized spacial score (nSPS) is 29.0. The summed E-state index contributed by atoms with van der Waals surface area (Å²) in [7, 11) is -3.38. The number of hydrogen-bond donors (Lipinski definition) is 0. The molecular weight excluding hydrogens is 386 g/mol. The predicted octanol–water partition coefficient (Wildman–Crippen LogP) is 3.26. The van der Waals surface area contributed by atoms with Gasteiger partial charge in [-0.25, -0.2) is 8.42 Å². The maximum Gasteiger partial charge on any atom is 0.253 e. The van der Waals surface area contributed by atoms with Crippen molar-refractivity contribution in [2.45, 2.75) is 48.0 Å². The fourth-order valence-electron chi connectivity index (χ4n) is 3.75. The van der Waals surface area contributed by atoms with Crippen molar-refractivity contribution in [3.05, 3.63) is 34.4 Å². The lowest BCUT2D eigenvalue weighted by atomic mass is 10.00. The van der Waals surface area contributed by atoms with Crippen LogP contribution in [0.5, 0.6) is 0 Å². The van der Waals surface area contributed by atoms with Crippen molar-refractivity contribution in [1.29, 1.82) is 0 Å². The minimum atomic E-state index is -3.38. The van der Waals surface area contributed by atoms with E-state index in [0.29, 0.717) is 10.3 Å². The minimum absolute atomic E-state index is 0.0961. The largest absolute Gasteiger partial charge is 0.270 e. The lowest BCUT2D eigenvalue weighted by molar-refractivity contribution is 0.185. The molecule has 2 aliphatic heterocycles. The van der Waals surface area contributed by atoms with E-state index in [2.05, 4.69) is 21.0 Å².